The van der Waals surface area contributed by atoms with Crippen molar-refractivity contribution in [3.63, 3.8) is 0 Å². The highest BCUT2D eigenvalue weighted by Crippen LogP contribution is 2.29. The molecular formula is C21H22F3N3O2. The number of halogens is 3. The average Bonchev–Trinajstić information content (AvgIpc) is 3.22. The van der Waals surface area contributed by atoms with Crippen molar-refractivity contribution in [2.24, 2.45) is 0 Å². The van der Waals surface area contributed by atoms with Gasteiger partial charge in [0, 0.05) is 19.6 Å². The molecule has 2 aromatic carbocycles. The summed E-state index contributed by atoms with van der Waals surface area (Å²) in [5.74, 6) is -0.139. The number of nitrogens with zero attached hydrogens (tertiary/aromatic N) is 1. The SMILES string of the molecule is Cc1cccc(C(=O)N2CCCC2)c1NC(=O)NCc1cccc(C(F)(F)F)c1. The minimum atomic E-state index is -4.44. The van der Waals surface area contributed by atoms with Crippen LogP contribution in [0, 0.1) is 6.92 Å². The third-order valence-electron chi connectivity index (χ3n) is 4.84. The van der Waals surface area contributed by atoms with Crippen LogP contribution in [0.25, 0.3) is 0 Å². The maximum atomic E-state index is 12.8. The highest BCUT2D eigenvalue weighted by atomic mass is 19.4. The molecule has 0 unspecified atom stereocenters. The van der Waals surface area contributed by atoms with E-state index in [1.807, 2.05) is 0 Å². The smallest absolute Gasteiger partial charge is 0.339 e. The molecule has 3 rings (SSSR count). The van der Waals surface area contributed by atoms with E-state index in [0.29, 0.717) is 29.9 Å². The molecule has 2 N–H and O–H groups in total. The molecule has 2 aromatic rings. The summed E-state index contributed by atoms with van der Waals surface area (Å²) >= 11 is 0. The normalized spacial score (nSPS) is 14.0. The Kier molecular flexibility index (Phi) is 6.10. The van der Waals surface area contributed by atoms with E-state index < -0.39 is 17.8 Å². The summed E-state index contributed by atoms with van der Waals surface area (Å²) in [6.45, 7) is 3.09. The van der Waals surface area contributed by atoms with Gasteiger partial charge in [0.15, 0.2) is 0 Å². The van der Waals surface area contributed by atoms with Crippen molar-refractivity contribution >= 4 is 17.6 Å². The van der Waals surface area contributed by atoms with E-state index in [9.17, 15) is 22.8 Å². The van der Waals surface area contributed by atoms with E-state index >= 15 is 0 Å². The fourth-order valence-corrected chi connectivity index (χ4v) is 3.30. The fraction of sp³-hybridized carbons (Fsp3) is 0.333. The number of carbonyl (C=O) groups is 2. The molecule has 8 heteroatoms. The van der Waals surface area contributed by atoms with Gasteiger partial charge >= 0.3 is 12.2 Å². The first-order valence-electron chi connectivity index (χ1n) is 9.35. The molecule has 29 heavy (non-hydrogen) atoms. The van der Waals surface area contributed by atoms with E-state index in [0.717, 1.165) is 30.5 Å². The highest BCUT2D eigenvalue weighted by molar-refractivity contribution is 6.04. The Morgan fingerprint density at radius 1 is 1.07 bits per heavy atom. The van der Waals surface area contributed by atoms with Gasteiger partial charge in [-0.15, -0.1) is 0 Å². The van der Waals surface area contributed by atoms with Gasteiger partial charge in [0.2, 0.25) is 0 Å². The topological polar surface area (TPSA) is 61.4 Å². The minimum Gasteiger partial charge on any atom is -0.339 e. The Labute approximate surface area is 166 Å². The summed E-state index contributed by atoms with van der Waals surface area (Å²) in [5, 5.41) is 5.23. The summed E-state index contributed by atoms with van der Waals surface area (Å²) in [7, 11) is 0. The summed E-state index contributed by atoms with van der Waals surface area (Å²) in [4.78, 5) is 26.9. The lowest BCUT2D eigenvalue weighted by molar-refractivity contribution is -0.137. The van der Waals surface area contributed by atoms with Gasteiger partial charge in [-0.1, -0.05) is 24.3 Å². The summed E-state index contributed by atoms with van der Waals surface area (Å²) < 4.78 is 38.4. The molecule has 0 radical (unpaired) electrons. The first-order valence-corrected chi connectivity index (χ1v) is 9.35. The van der Waals surface area contributed by atoms with Crippen LogP contribution in [-0.2, 0) is 12.7 Å². The number of carbonyl (C=O) groups excluding carboxylic acids is 2. The number of anilines is 1. The van der Waals surface area contributed by atoms with Gasteiger partial charge in [0.05, 0.1) is 16.8 Å². The molecule has 0 aliphatic carbocycles. The molecule has 1 heterocycles. The van der Waals surface area contributed by atoms with Crippen LogP contribution in [0.1, 0.15) is 39.9 Å². The Balaban J connectivity index is 1.69. The van der Waals surface area contributed by atoms with Crippen molar-refractivity contribution in [2.75, 3.05) is 18.4 Å². The molecule has 0 atom stereocenters. The number of benzene rings is 2. The third-order valence-corrected chi connectivity index (χ3v) is 4.84. The van der Waals surface area contributed by atoms with Crippen LogP contribution in [0.2, 0.25) is 0 Å². The van der Waals surface area contributed by atoms with Crippen LogP contribution in [0.5, 0.6) is 0 Å². The number of likely N-dealkylation sites (tertiary alicyclic amines) is 1. The zero-order chi connectivity index (χ0) is 21.0. The predicted octanol–water partition coefficient (Wildman–Crippen LogP) is 4.57. The molecule has 0 saturated carbocycles. The van der Waals surface area contributed by atoms with Gasteiger partial charge in [-0.05, 0) is 49.1 Å². The second-order valence-electron chi connectivity index (χ2n) is 7.00. The zero-order valence-corrected chi connectivity index (χ0v) is 16.0. The summed E-state index contributed by atoms with van der Waals surface area (Å²) in [6.07, 6.45) is -2.53. The van der Waals surface area contributed by atoms with Gasteiger partial charge in [-0.25, -0.2) is 4.79 Å². The van der Waals surface area contributed by atoms with Crippen molar-refractivity contribution in [3.8, 4) is 0 Å². The second kappa shape index (κ2) is 8.55. The molecule has 154 valence electrons. The van der Waals surface area contributed by atoms with Gasteiger partial charge in [0.25, 0.3) is 5.91 Å². The fourth-order valence-electron chi connectivity index (χ4n) is 3.30. The molecule has 1 aliphatic rings. The second-order valence-corrected chi connectivity index (χ2v) is 7.00. The zero-order valence-electron chi connectivity index (χ0n) is 16.0. The number of urea groups is 1. The van der Waals surface area contributed by atoms with Crippen LogP contribution in [0.15, 0.2) is 42.5 Å². The van der Waals surface area contributed by atoms with Crippen LogP contribution in [0.3, 0.4) is 0 Å². The summed E-state index contributed by atoms with van der Waals surface area (Å²) in [5.41, 5.74) is 1.10. The van der Waals surface area contributed by atoms with E-state index in [1.54, 1.807) is 30.0 Å². The standard InChI is InChI=1S/C21H22F3N3O2/c1-14-6-4-9-17(19(28)27-10-2-3-11-27)18(14)26-20(29)25-13-15-7-5-8-16(12-15)21(22,23)24/h4-9,12H,2-3,10-11,13H2,1H3,(H2,25,26,29). The minimum absolute atomic E-state index is 0.0724. The first kappa shape index (κ1) is 20.7. The monoisotopic (exact) mass is 405 g/mol. The van der Waals surface area contributed by atoms with E-state index in [1.165, 1.54) is 12.1 Å². The third kappa shape index (κ3) is 5.07. The van der Waals surface area contributed by atoms with Crippen molar-refractivity contribution < 1.29 is 22.8 Å². The van der Waals surface area contributed by atoms with E-state index in [-0.39, 0.29) is 12.5 Å². The van der Waals surface area contributed by atoms with E-state index in [4.69, 9.17) is 0 Å². The molecule has 0 aromatic heterocycles. The maximum absolute atomic E-state index is 12.8. The van der Waals surface area contributed by atoms with Crippen molar-refractivity contribution in [1.29, 1.82) is 0 Å². The lowest BCUT2D eigenvalue weighted by Gasteiger charge is -2.19. The highest BCUT2D eigenvalue weighted by Gasteiger charge is 2.30. The van der Waals surface area contributed by atoms with E-state index in [2.05, 4.69) is 10.6 Å². The molecule has 1 fully saturated rings. The van der Waals surface area contributed by atoms with Gasteiger partial charge in [-0.2, -0.15) is 13.2 Å². The lowest BCUT2D eigenvalue weighted by Crippen LogP contribution is -2.32. The van der Waals surface area contributed by atoms with Gasteiger partial charge in [-0.3, -0.25) is 4.79 Å². The lowest BCUT2D eigenvalue weighted by atomic mass is 10.1. The molecule has 0 bridgehead atoms. The Morgan fingerprint density at radius 3 is 2.45 bits per heavy atom. The largest absolute Gasteiger partial charge is 0.416 e. The number of alkyl halides is 3. The molecular weight excluding hydrogens is 383 g/mol. The maximum Gasteiger partial charge on any atom is 0.416 e. The van der Waals surface area contributed by atoms with Gasteiger partial charge in [0.1, 0.15) is 0 Å². The van der Waals surface area contributed by atoms with Crippen molar-refractivity contribution in [1.82, 2.24) is 10.2 Å². The van der Waals surface area contributed by atoms with Crippen LogP contribution < -0.4 is 10.6 Å². The molecule has 1 saturated heterocycles. The van der Waals surface area contributed by atoms with Crippen molar-refractivity contribution in [2.45, 2.75) is 32.5 Å². The van der Waals surface area contributed by atoms with Gasteiger partial charge < -0.3 is 15.5 Å². The Morgan fingerprint density at radius 2 is 1.76 bits per heavy atom. The number of hydrogen-bond acceptors (Lipinski definition) is 2. The quantitative estimate of drug-likeness (QED) is 0.783. The number of aryl methyl sites for hydroxylation is 1. The number of rotatable bonds is 4. The Hall–Kier alpha value is -3.03. The van der Waals surface area contributed by atoms with Crippen LogP contribution in [0.4, 0.5) is 23.7 Å². The Bertz CT molecular complexity index is 906. The molecule has 5 nitrogen and oxygen atoms in total. The average molecular weight is 405 g/mol. The number of para-hydroxylation sites is 1. The van der Waals surface area contributed by atoms with Crippen molar-refractivity contribution in [3.05, 3.63) is 64.7 Å². The number of nitrogens with one attached hydrogen (secondary N) is 2. The number of amides is 3. The molecule has 0 spiro atoms. The van der Waals surface area contributed by atoms with Crippen LogP contribution in [-0.4, -0.2) is 29.9 Å². The number of hydrogen-bond donors (Lipinski definition) is 2. The van der Waals surface area contributed by atoms with Crippen LogP contribution >= 0.6 is 0 Å². The molecule has 3 amide bonds. The summed E-state index contributed by atoms with van der Waals surface area (Å²) in [6, 6.07) is 9.39. The molecule has 1 aliphatic heterocycles. The first-order chi connectivity index (χ1) is 13.8. The predicted molar refractivity (Wildman–Crippen MR) is 104 cm³/mol.